The molecule has 1 rings (SSSR count). The van der Waals surface area contributed by atoms with E-state index in [1.807, 2.05) is 19.9 Å². The van der Waals surface area contributed by atoms with Crippen LogP contribution in [-0.4, -0.2) is 10.8 Å². The number of nitrogens with zero attached hydrogens (tertiary/aromatic N) is 1. The van der Waals surface area contributed by atoms with Gasteiger partial charge in [-0.2, -0.15) is 0 Å². The van der Waals surface area contributed by atoms with Crippen LogP contribution in [0, 0.1) is 6.92 Å². The van der Waals surface area contributed by atoms with Gasteiger partial charge in [0, 0.05) is 6.42 Å². The summed E-state index contributed by atoms with van der Waals surface area (Å²) in [5.41, 5.74) is 1.60. The average Bonchev–Trinajstić information content (AvgIpc) is 2.01. The molecular formula is C9H10BrNO. The van der Waals surface area contributed by atoms with Gasteiger partial charge in [0.1, 0.15) is 10.3 Å². The predicted molar refractivity (Wildman–Crippen MR) is 51.3 cm³/mol. The molecule has 3 heteroatoms. The Morgan fingerprint density at radius 3 is 2.75 bits per heavy atom. The lowest BCUT2D eigenvalue weighted by molar-refractivity contribution is 0.0983. The summed E-state index contributed by atoms with van der Waals surface area (Å²) in [5, 5.41) is 0. The van der Waals surface area contributed by atoms with E-state index in [-0.39, 0.29) is 5.78 Å². The molecule has 0 saturated heterocycles. The lowest BCUT2D eigenvalue weighted by atomic mass is 10.2. The SMILES string of the molecule is CCC(=O)c1cc(C)cc(Br)n1. The molecule has 2 nitrogen and oxygen atoms in total. The third-order valence-corrected chi connectivity index (χ3v) is 1.95. The fraction of sp³-hybridized carbons (Fsp3) is 0.333. The van der Waals surface area contributed by atoms with Gasteiger partial charge in [-0.05, 0) is 40.5 Å². The molecule has 0 bridgehead atoms. The number of carbonyl (C=O) groups is 1. The zero-order valence-electron chi connectivity index (χ0n) is 7.10. The lowest BCUT2D eigenvalue weighted by Crippen LogP contribution is -2.00. The fourth-order valence-electron chi connectivity index (χ4n) is 0.949. The van der Waals surface area contributed by atoms with Crippen LogP contribution < -0.4 is 0 Å². The number of carbonyl (C=O) groups excluding carboxylic acids is 1. The van der Waals surface area contributed by atoms with Crippen LogP contribution >= 0.6 is 15.9 Å². The Bertz CT molecular complexity index is 289. The molecule has 0 atom stereocenters. The van der Waals surface area contributed by atoms with Gasteiger partial charge in [-0.3, -0.25) is 4.79 Å². The summed E-state index contributed by atoms with van der Waals surface area (Å²) >= 11 is 3.25. The van der Waals surface area contributed by atoms with Crippen molar-refractivity contribution < 1.29 is 4.79 Å². The summed E-state index contributed by atoms with van der Waals surface area (Å²) in [5.74, 6) is 0.0828. The first-order valence-electron chi connectivity index (χ1n) is 3.81. The number of rotatable bonds is 2. The highest BCUT2D eigenvalue weighted by Crippen LogP contribution is 2.11. The Labute approximate surface area is 80.1 Å². The highest BCUT2D eigenvalue weighted by Gasteiger charge is 2.05. The molecule has 0 radical (unpaired) electrons. The summed E-state index contributed by atoms with van der Waals surface area (Å²) in [6, 6.07) is 3.68. The van der Waals surface area contributed by atoms with Crippen LogP contribution in [0.15, 0.2) is 16.7 Å². The highest BCUT2D eigenvalue weighted by molar-refractivity contribution is 9.10. The van der Waals surface area contributed by atoms with E-state index in [2.05, 4.69) is 20.9 Å². The van der Waals surface area contributed by atoms with E-state index in [9.17, 15) is 4.79 Å². The average molecular weight is 228 g/mol. The Morgan fingerprint density at radius 2 is 2.25 bits per heavy atom. The smallest absolute Gasteiger partial charge is 0.180 e. The minimum Gasteiger partial charge on any atom is -0.292 e. The summed E-state index contributed by atoms with van der Waals surface area (Å²) in [6.45, 7) is 3.78. The zero-order valence-corrected chi connectivity index (χ0v) is 8.68. The third kappa shape index (κ3) is 2.14. The molecule has 0 fully saturated rings. The first-order chi connectivity index (χ1) is 5.63. The first-order valence-corrected chi connectivity index (χ1v) is 4.60. The number of hydrogen-bond acceptors (Lipinski definition) is 2. The number of aromatic nitrogens is 1. The number of ketones is 1. The van der Waals surface area contributed by atoms with Crippen molar-refractivity contribution in [1.82, 2.24) is 4.98 Å². The van der Waals surface area contributed by atoms with Crippen LogP contribution in [0.1, 0.15) is 29.4 Å². The third-order valence-electron chi connectivity index (χ3n) is 1.55. The van der Waals surface area contributed by atoms with Gasteiger partial charge < -0.3 is 0 Å². The number of Topliss-reactive ketones (excluding diaryl/α,β-unsaturated/α-hetero) is 1. The highest BCUT2D eigenvalue weighted by atomic mass is 79.9. The van der Waals surface area contributed by atoms with Crippen LogP contribution in [0.4, 0.5) is 0 Å². The van der Waals surface area contributed by atoms with Gasteiger partial charge >= 0.3 is 0 Å². The Hall–Kier alpha value is -0.700. The van der Waals surface area contributed by atoms with E-state index in [0.29, 0.717) is 12.1 Å². The quantitative estimate of drug-likeness (QED) is 0.575. The van der Waals surface area contributed by atoms with E-state index in [0.717, 1.165) is 10.2 Å². The van der Waals surface area contributed by atoms with Gasteiger partial charge in [-0.25, -0.2) is 4.98 Å². The van der Waals surface area contributed by atoms with Crippen molar-refractivity contribution in [3.63, 3.8) is 0 Å². The van der Waals surface area contributed by atoms with Gasteiger partial charge in [0.2, 0.25) is 0 Å². The molecule has 1 aromatic rings. The van der Waals surface area contributed by atoms with E-state index in [1.165, 1.54) is 0 Å². The maximum atomic E-state index is 11.2. The van der Waals surface area contributed by atoms with E-state index in [1.54, 1.807) is 6.07 Å². The van der Waals surface area contributed by atoms with Gasteiger partial charge in [0.05, 0.1) is 0 Å². The molecule has 0 spiro atoms. The van der Waals surface area contributed by atoms with Crippen molar-refractivity contribution in [2.24, 2.45) is 0 Å². The Balaban J connectivity index is 3.08. The lowest BCUT2D eigenvalue weighted by Gasteiger charge is -1.99. The Morgan fingerprint density at radius 1 is 1.58 bits per heavy atom. The molecular weight excluding hydrogens is 218 g/mol. The number of aryl methyl sites for hydroxylation is 1. The van der Waals surface area contributed by atoms with E-state index >= 15 is 0 Å². The van der Waals surface area contributed by atoms with Crippen LogP contribution in [0.3, 0.4) is 0 Å². The second-order valence-corrected chi connectivity index (χ2v) is 3.44. The maximum absolute atomic E-state index is 11.2. The van der Waals surface area contributed by atoms with Crippen LogP contribution in [0.2, 0.25) is 0 Å². The van der Waals surface area contributed by atoms with Crippen molar-refractivity contribution >= 4 is 21.7 Å². The van der Waals surface area contributed by atoms with Gasteiger partial charge in [0.15, 0.2) is 5.78 Å². The van der Waals surface area contributed by atoms with E-state index < -0.39 is 0 Å². The largest absolute Gasteiger partial charge is 0.292 e. The molecule has 0 amide bonds. The van der Waals surface area contributed by atoms with Gasteiger partial charge in [0.25, 0.3) is 0 Å². The molecule has 12 heavy (non-hydrogen) atoms. The second-order valence-electron chi connectivity index (χ2n) is 2.63. The molecule has 0 aliphatic heterocycles. The molecule has 0 saturated carbocycles. The number of pyridine rings is 1. The monoisotopic (exact) mass is 227 g/mol. The second kappa shape index (κ2) is 3.81. The van der Waals surface area contributed by atoms with Gasteiger partial charge in [-0.15, -0.1) is 0 Å². The summed E-state index contributed by atoms with van der Waals surface area (Å²) in [4.78, 5) is 15.3. The van der Waals surface area contributed by atoms with Crippen molar-refractivity contribution in [2.75, 3.05) is 0 Å². The Kier molecular flexibility index (Phi) is 2.98. The van der Waals surface area contributed by atoms with Gasteiger partial charge in [-0.1, -0.05) is 6.92 Å². The maximum Gasteiger partial charge on any atom is 0.180 e. The summed E-state index contributed by atoms with van der Waals surface area (Å²) in [6.07, 6.45) is 0.503. The molecule has 1 aromatic heterocycles. The molecule has 0 N–H and O–H groups in total. The summed E-state index contributed by atoms with van der Waals surface area (Å²) < 4.78 is 0.722. The van der Waals surface area contributed by atoms with Crippen LogP contribution in [-0.2, 0) is 0 Å². The normalized spacial score (nSPS) is 9.92. The van der Waals surface area contributed by atoms with Crippen molar-refractivity contribution in [1.29, 1.82) is 0 Å². The molecule has 0 unspecified atom stereocenters. The minimum atomic E-state index is 0.0828. The zero-order chi connectivity index (χ0) is 9.14. The molecule has 64 valence electrons. The van der Waals surface area contributed by atoms with Crippen LogP contribution in [0.5, 0.6) is 0 Å². The standard InChI is InChI=1S/C9H10BrNO/c1-3-8(12)7-4-6(2)5-9(10)11-7/h4-5H,3H2,1-2H3. The number of halogens is 1. The van der Waals surface area contributed by atoms with E-state index in [4.69, 9.17) is 0 Å². The topological polar surface area (TPSA) is 30.0 Å². The minimum absolute atomic E-state index is 0.0828. The molecule has 0 aromatic carbocycles. The molecule has 0 aliphatic carbocycles. The van der Waals surface area contributed by atoms with Crippen molar-refractivity contribution in [3.05, 3.63) is 28.0 Å². The predicted octanol–water partition coefficient (Wildman–Crippen LogP) is 2.75. The summed E-state index contributed by atoms with van der Waals surface area (Å²) in [7, 11) is 0. The van der Waals surface area contributed by atoms with Crippen molar-refractivity contribution in [3.8, 4) is 0 Å². The van der Waals surface area contributed by atoms with Crippen LogP contribution in [0.25, 0.3) is 0 Å². The first kappa shape index (κ1) is 9.39. The van der Waals surface area contributed by atoms with Crippen molar-refractivity contribution in [2.45, 2.75) is 20.3 Å². The fourth-order valence-corrected chi connectivity index (χ4v) is 1.50. The number of hydrogen-bond donors (Lipinski definition) is 0. The molecule has 0 aliphatic rings. The molecule has 1 heterocycles.